The van der Waals surface area contributed by atoms with Crippen LogP contribution in [-0.4, -0.2) is 53.0 Å². The van der Waals surface area contributed by atoms with Gasteiger partial charge < -0.3 is 19.9 Å². The maximum Gasteiger partial charge on any atom is 0.410 e. The number of carbonyl (C=O) groups excluding carboxylic acids is 3. The number of hydrogen-bond donors (Lipinski definition) is 1. The highest BCUT2D eigenvalue weighted by Gasteiger charge is 2.44. The van der Waals surface area contributed by atoms with E-state index in [4.69, 9.17) is 4.74 Å². The van der Waals surface area contributed by atoms with Gasteiger partial charge in [0.2, 0.25) is 5.91 Å². The second-order valence-corrected chi connectivity index (χ2v) is 14.3. The molecule has 1 N–H and O–H groups in total. The maximum absolute atomic E-state index is 13.9. The highest BCUT2D eigenvalue weighted by atomic mass is 19.1. The van der Waals surface area contributed by atoms with Gasteiger partial charge in [0.05, 0.1) is 23.9 Å². The van der Waals surface area contributed by atoms with Gasteiger partial charge in [-0.1, -0.05) is 51.5 Å². The predicted molar refractivity (Wildman–Crippen MR) is 169 cm³/mol. The predicted octanol–water partition coefficient (Wildman–Crippen LogP) is 6.61. The number of nitrogens with one attached hydrogen (secondary N) is 1. The van der Waals surface area contributed by atoms with Crippen molar-refractivity contribution in [3.63, 3.8) is 0 Å². The van der Waals surface area contributed by atoms with Crippen molar-refractivity contribution < 1.29 is 23.5 Å². The van der Waals surface area contributed by atoms with E-state index in [-0.39, 0.29) is 30.2 Å². The summed E-state index contributed by atoms with van der Waals surface area (Å²) in [4.78, 5) is 48.5. The Hall–Kier alpha value is -3.75. The molecule has 0 bridgehead atoms. The number of amides is 3. The molecule has 3 amide bonds. The van der Waals surface area contributed by atoms with Gasteiger partial charge in [-0.15, -0.1) is 0 Å². The normalized spacial score (nSPS) is 21.1. The number of benzene rings is 1. The number of anilines is 1. The second-order valence-electron chi connectivity index (χ2n) is 14.3. The number of likely N-dealkylation sites (tertiary alicyclic amines) is 1. The average Bonchev–Trinajstić information content (AvgIpc) is 2.93. The van der Waals surface area contributed by atoms with Crippen LogP contribution in [-0.2, 0) is 14.3 Å². The minimum absolute atomic E-state index is 0.108. The van der Waals surface area contributed by atoms with Crippen LogP contribution in [0.4, 0.5) is 14.9 Å². The third kappa shape index (κ3) is 8.04. The number of hydrogen-bond acceptors (Lipinski definition) is 5. The van der Waals surface area contributed by atoms with E-state index in [9.17, 15) is 18.8 Å². The zero-order valence-electron chi connectivity index (χ0n) is 27.3. The van der Waals surface area contributed by atoms with Crippen LogP contribution < -0.4 is 10.2 Å². The van der Waals surface area contributed by atoms with Crippen molar-refractivity contribution in [2.24, 2.45) is 23.2 Å². The number of carbonyl (C=O) groups is 3. The van der Waals surface area contributed by atoms with Crippen LogP contribution in [0, 0.1) is 35.9 Å². The summed E-state index contributed by atoms with van der Waals surface area (Å²) in [5, 5.41) is 3.15. The molecule has 1 aromatic carbocycles. The Labute approximate surface area is 261 Å². The monoisotopic (exact) mass is 606 g/mol. The van der Waals surface area contributed by atoms with Crippen molar-refractivity contribution in [3.05, 3.63) is 71.3 Å². The Morgan fingerprint density at radius 2 is 1.84 bits per heavy atom. The van der Waals surface area contributed by atoms with Crippen molar-refractivity contribution in [1.29, 1.82) is 0 Å². The molecule has 0 spiro atoms. The van der Waals surface area contributed by atoms with Gasteiger partial charge in [0.1, 0.15) is 11.4 Å². The van der Waals surface area contributed by atoms with Crippen LogP contribution in [0.15, 0.2) is 54.2 Å². The molecule has 238 valence electrons. The summed E-state index contributed by atoms with van der Waals surface area (Å²) >= 11 is 0. The van der Waals surface area contributed by atoms with E-state index in [1.165, 1.54) is 6.07 Å². The van der Waals surface area contributed by atoms with E-state index >= 15 is 0 Å². The first-order valence-electron chi connectivity index (χ1n) is 15.5. The SMILES string of the molecule is Cc1ccccc1N1CC(C)(C)C([C@@H]2C[C@H](C(=O)NC(CC(C)C)c3ccc(F)cn3)CN(C(=O)OC(C)(C)C)C2)=CC1=O. The van der Waals surface area contributed by atoms with Crippen LogP contribution in [0.25, 0.3) is 0 Å². The molecule has 9 heteroatoms. The molecule has 0 saturated carbocycles. The zero-order valence-corrected chi connectivity index (χ0v) is 27.3. The summed E-state index contributed by atoms with van der Waals surface area (Å²) < 4.78 is 19.4. The third-order valence-corrected chi connectivity index (χ3v) is 8.33. The molecule has 1 saturated heterocycles. The Morgan fingerprint density at radius 3 is 2.45 bits per heavy atom. The lowest BCUT2D eigenvalue weighted by atomic mass is 9.70. The number of nitrogens with zero attached hydrogens (tertiary/aromatic N) is 3. The van der Waals surface area contributed by atoms with Gasteiger partial charge in [-0.3, -0.25) is 14.6 Å². The van der Waals surface area contributed by atoms with E-state index in [0.717, 1.165) is 23.0 Å². The molecule has 3 heterocycles. The number of piperidine rings is 1. The average molecular weight is 607 g/mol. The largest absolute Gasteiger partial charge is 0.444 e. The number of halogens is 1. The molecule has 8 nitrogen and oxygen atoms in total. The van der Waals surface area contributed by atoms with Crippen LogP contribution in [0.2, 0.25) is 0 Å². The fourth-order valence-electron chi connectivity index (χ4n) is 6.31. The number of para-hydroxylation sites is 1. The van der Waals surface area contributed by atoms with E-state index in [2.05, 4.69) is 38.0 Å². The van der Waals surface area contributed by atoms with Gasteiger partial charge in [-0.25, -0.2) is 9.18 Å². The van der Waals surface area contributed by atoms with Gasteiger partial charge in [0.15, 0.2) is 0 Å². The van der Waals surface area contributed by atoms with Gasteiger partial charge in [0.25, 0.3) is 5.91 Å². The second kappa shape index (κ2) is 13.1. The third-order valence-electron chi connectivity index (χ3n) is 8.33. The molecule has 1 fully saturated rings. The molecule has 2 aliphatic rings. The summed E-state index contributed by atoms with van der Waals surface area (Å²) in [5.74, 6) is -1.27. The summed E-state index contributed by atoms with van der Waals surface area (Å²) in [6.07, 6.45) is 3.48. The lowest BCUT2D eigenvalue weighted by Gasteiger charge is -2.46. The Balaban J connectivity index is 1.64. The molecular formula is C35H47FN4O4. The fraction of sp³-hybridized carbons (Fsp3) is 0.543. The number of aromatic nitrogens is 1. The van der Waals surface area contributed by atoms with E-state index < -0.39 is 34.9 Å². The summed E-state index contributed by atoms with van der Waals surface area (Å²) in [7, 11) is 0. The molecule has 1 aromatic heterocycles. The molecule has 2 aromatic rings. The standard InChI is InChI=1S/C35H47FN4O4/c1-22(2)15-29(28-14-13-26(36)18-37-28)38-32(42)25-16-24(19-39(20-25)33(43)44-34(4,5)6)27-17-31(41)40(21-35(27,7)8)30-12-10-9-11-23(30)3/h9-14,17-18,22,24-25,29H,15-16,19-21H2,1-8H3,(H,38,42)/t24-,25+,29?/m1/s1. The minimum Gasteiger partial charge on any atom is -0.444 e. The van der Waals surface area contributed by atoms with Gasteiger partial charge >= 0.3 is 6.09 Å². The minimum atomic E-state index is -0.703. The maximum atomic E-state index is 13.9. The fourth-order valence-corrected chi connectivity index (χ4v) is 6.31. The quantitative estimate of drug-likeness (QED) is 0.383. The number of aryl methyl sites for hydroxylation is 1. The zero-order chi connectivity index (χ0) is 32.4. The number of ether oxygens (including phenoxy) is 1. The smallest absolute Gasteiger partial charge is 0.410 e. The first-order valence-corrected chi connectivity index (χ1v) is 15.5. The van der Waals surface area contributed by atoms with Crippen LogP contribution in [0.5, 0.6) is 0 Å². The topological polar surface area (TPSA) is 91.8 Å². The van der Waals surface area contributed by atoms with Gasteiger partial charge in [-0.05, 0) is 76.1 Å². The Kier molecular flexibility index (Phi) is 9.86. The highest BCUT2D eigenvalue weighted by Crippen LogP contribution is 2.42. The van der Waals surface area contributed by atoms with E-state index in [0.29, 0.717) is 31.6 Å². The van der Waals surface area contributed by atoms with Crippen molar-refractivity contribution >= 4 is 23.6 Å². The van der Waals surface area contributed by atoms with Gasteiger partial charge in [-0.2, -0.15) is 0 Å². The van der Waals surface area contributed by atoms with E-state index in [1.807, 2.05) is 56.9 Å². The molecule has 0 aliphatic carbocycles. The van der Waals surface area contributed by atoms with Gasteiger partial charge in [0, 0.05) is 36.8 Å². The first kappa shape index (κ1) is 33.1. The molecule has 1 unspecified atom stereocenters. The number of pyridine rings is 1. The molecule has 0 radical (unpaired) electrons. The summed E-state index contributed by atoms with van der Waals surface area (Å²) in [6.45, 7) is 16.8. The summed E-state index contributed by atoms with van der Waals surface area (Å²) in [5.41, 5.74) is 2.30. The number of rotatable bonds is 7. The van der Waals surface area contributed by atoms with Crippen molar-refractivity contribution in [1.82, 2.24) is 15.2 Å². The Morgan fingerprint density at radius 1 is 1.14 bits per heavy atom. The van der Waals surface area contributed by atoms with Crippen molar-refractivity contribution in [2.45, 2.75) is 79.9 Å². The molecule has 2 aliphatic heterocycles. The van der Waals surface area contributed by atoms with Crippen LogP contribution >= 0.6 is 0 Å². The lowest BCUT2D eigenvalue weighted by molar-refractivity contribution is -0.128. The first-order chi connectivity index (χ1) is 20.5. The van der Waals surface area contributed by atoms with Crippen molar-refractivity contribution in [3.8, 4) is 0 Å². The Bertz CT molecular complexity index is 1400. The van der Waals surface area contributed by atoms with E-state index in [1.54, 1.807) is 17.0 Å². The molecule has 4 rings (SSSR count). The van der Waals surface area contributed by atoms with Crippen LogP contribution in [0.3, 0.4) is 0 Å². The van der Waals surface area contributed by atoms with Crippen LogP contribution in [0.1, 0.15) is 78.6 Å². The molecule has 3 atom stereocenters. The lowest BCUT2D eigenvalue weighted by Crippen LogP contribution is -2.53. The summed E-state index contributed by atoms with van der Waals surface area (Å²) in [6, 6.07) is 10.4. The highest BCUT2D eigenvalue weighted by molar-refractivity contribution is 6.03. The van der Waals surface area contributed by atoms with Crippen molar-refractivity contribution in [2.75, 3.05) is 24.5 Å². The molecule has 44 heavy (non-hydrogen) atoms. The molecular weight excluding hydrogens is 559 g/mol.